The summed E-state index contributed by atoms with van der Waals surface area (Å²) in [6, 6.07) is 0. The fourth-order valence-electron chi connectivity index (χ4n) is 1.51. The summed E-state index contributed by atoms with van der Waals surface area (Å²) in [5, 5.41) is 0.838. The molecule has 0 spiro atoms. The highest BCUT2D eigenvalue weighted by Gasteiger charge is 2.19. The Hall–Kier alpha value is -0.530. The Kier molecular flexibility index (Phi) is 2.33. The maximum absolute atomic E-state index is 5.96. The summed E-state index contributed by atoms with van der Waals surface area (Å²) in [5.41, 5.74) is 1.30. The summed E-state index contributed by atoms with van der Waals surface area (Å²) in [6.07, 6.45) is 10.4. The van der Waals surface area contributed by atoms with Gasteiger partial charge in [0, 0.05) is 5.03 Å². The molecule has 1 saturated heterocycles. The highest BCUT2D eigenvalue weighted by atomic mass is 35.5. The minimum atomic E-state index is 0.187. The Labute approximate surface area is 77.4 Å². The van der Waals surface area contributed by atoms with Crippen LogP contribution in [0, 0.1) is 0 Å². The standard InChI is InChI=1S/C10H11ClO/c11-9-3-1-2-4-10-8(7-9)5-6-12-10/h2-4,7,10H,1,5-6H2/b4-2?,8-7-,9-3+. The predicted octanol–water partition coefficient (Wildman–Crippen LogP) is 2.78. The average molecular weight is 183 g/mol. The molecule has 1 unspecified atom stereocenters. The maximum atomic E-state index is 5.96. The first-order valence-corrected chi connectivity index (χ1v) is 4.58. The minimum Gasteiger partial charge on any atom is -0.369 e. The van der Waals surface area contributed by atoms with E-state index in [1.54, 1.807) is 0 Å². The normalized spacial score (nSPS) is 37.2. The second kappa shape index (κ2) is 3.46. The SMILES string of the molecule is ClC1=C/CC=CC2OCC\C2=C\1. The van der Waals surface area contributed by atoms with Gasteiger partial charge in [0.25, 0.3) is 0 Å². The van der Waals surface area contributed by atoms with Gasteiger partial charge < -0.3 is 4.74 Å². The van der Waals surface area contributed by atoms with Crippen LogP contribution in [-0.4, -0.2) is 12.7 Å². The zero-order valence-electron chi connectivity index (χ0n) is 6.79. The lowest BCUT2D eigenvalue weighted by molar-refractivity contribution is 0.156. The monoisotopic (exact) mass is 182 g/mol. The van der Waals surface area contributed by atoms with Gasteiger partial charge in [-0.25, -0.2) is 0 Å². The Morgan fingerprint density at radius 1 is 1.50 bits per heavy atom. The lowest BCUT2D eigenvalue weighted by Crippen LogP contribution is -2.03. The highest BCUT2D eigenvalue weighted by molar-refractivity contribution is 6.31. The molecule has 0 N–H and O–H groups in total. The van der Waals surface area contributed by atoms with Crippen molar-refractivity contribution >= 4 is 11.6 Å². The molecule has 0 radical (unpaired) electrons. The molecule has 2 heteroatoms. The van der Waals surface area contributed by atoms with Crippen molar-refractivity contribution in [1.82, 2.24) is 0 Å². The molecule has 64 valence electrons. The van der Waals surface area contributed by atoms with Gasteiger partial charge in [-0.2, -0.15) is 0 Å². The average Bonchev–Trinajstić information content (AvgIpc) is 2.42. The number of ether oxygens (including phenoxy) is 1. The molecule has 1 fully saturated rings. The summed E-state index contributed by atoms with van der Waals surface area (Å²) in [4.78, 5) is 0. The number of rotatable bonds is 0. The Morgan fingerprint density at radius 3 is 3.33 bits per heavy atom. The third-order valence-electron chi connectivity index (χ3n) is 2.14. The van der Waals surface area contributed by atoms with Crippen LogP contribution >= 0.6 is 11.6 Å². The molecule has 0 amide bonds. The van der Waals surface area contributed by atoms with E-state index in [1.165, 1.54) is 5.57 Å². The van der Waals surface area contributed by atoms with E-state index in [-0.39, 0.29) is 6.10 Å². The third kappa shape index (κ3) is 1.62. The number of allylic oxidation sites excluding steroid dienone is 4. The molecule has 0 aromatic heterocycles. The fraction of sp³-hybridized carbons (Fsp3) is 0.400. The van der Waals surface area contributed by atoms with Gasteiger partial charge in [-0.3, -0.25) is 0 Å². The molecule has 2 rings (SSSR count). The highest BCUT2D eigenvalue weighted by Crippen LogP contribution is 2.25. The third-order valence-corrected chi connectivity index (χ3v) is 2.40. The van der Waals surface area contributed by atoms with Crippen LogP contribution in [0.25, 0.3) is 0 Å². The zero-order valence-corrected chi connectivity index (χ0v) is 7.55. The van der Waals surface area contributed by atoms with E-state index in [2.05, 4.69) is 12.2 Å². The second-order valence-corrected chi connectivity index (χ2v) is 3.45. The van der Waals surface area contributed by atoms with Gasteiger partial charge in [0.15, 0.2) is 0 Å². The lowest BCUT2D eigenvalue weighted by atomic mass is 10.1. The molecule has 2 aliphatic rings. The molecular formula is C10H11ClO. The maximum Gasteiger partial charge on any atom is 0.0971 e. The second-order valence-electron chi connectivity index (χ2n) is 3.01. The lowest BCUT2D eigenvalue weighted by Gasteiger charge is -2.07. The van der Waals surface area contributed by atoms with Crippen LogP contribution in [-0.2, 0) is 4.74 Å². The van der Waals surface area contributed by atoms with E-state index in [1.807, 2.05) is 12.2 Å². The summed E-state index contributed by atoms with van der Waals surface area (Å²) in [6.45, 7) is 0.824. The quantitative estimate of drug-likeness (QED) is 0.524. The van der Waals surface area contributed by atoms with Crippen molar-refractivity contribution < 1.29 is 4.74 Å². The minimum absolute atomic E-state index is 0.187. The summed E-state index contributed by atoms with van der Waals surface area (Å²) in [5.74, 6) is 0. The Morgan fingerprint density at radius 2 is 2.42 bits per heavy atom. The molecular weight excluding hydrogens is 172 g/mol. The van der Waals surface area contributed by atoms with Gasteiger partial charge in [0.1, 0.15) is 0 Å². The van der Waals surface area contributed by atoms with Crippen LogP contribution in [0.4, 0.5) is 0 Å². The summed E-state index contributed by atoms with van der Waals surface area (Å²) in [7, 11) is 0. The van der Waals surface area contributed by atoms with Gasteiger partial charge in [-0.15, -0.1) is 0 Å². The van der Waals surface area contributed by atoms with E-state index in [0.717, 1.165) is 24.5 Å². The van der Waals surface area contributed by atoms with E-state index in [9.17, 15) is 0 Å². The first-order chi connectivity index (χ1) is 5.86. The number of hydrogen-bond acceptors (Lipinski definition) is 1. The molecule has 0 aromatic carbocycles. The van der Waals surface area contributed by atoms with Gasteiger partial charge in [-0.05, 0) is 24.5 Å². The largest absolute Gasteiger partial charge is 0.369 e. The molecule has 0 aromatic rings. The van der Waals surface area contributed by atoms with Crippen LogP contribution in [0.1, 0.15) is 12.8 Å². The van der Waals surface area contributed by atoms with Crippen LogP contribution < -0.4 is 0 Å². The smallest absolute Gasteiger partial charge is 0.0971 e. The molecule has 1 heterocycles. The van der Waals surface area contributed by atoms with Gasteiger partial charge in [0.2, 0.25) is 0 Å². The fourth-order valence-corrected chi connectivity index (χ4v) is 1.73. The number of halogens is 1. The van der Waals surface area contributed by atoms with Crippen molar-refractivity contribution in [2.45, 2.75) is 18.9 Å². The van der Waals surface area contributed by atoms with Crippen molar-refractivity contribution in [3.63, 3.8) is 0 Å². The summed E-state index contributed by atoms with van der Waals surface area (Å²) < 4.78 is 5.50. The van der Waals surface area contributed by atoms with Gasteiger partial charge >= 0.3 is 0 Å². The Bertz CT molecular complexity index is 263. The molecule has 0 bridgehead atoms. The molecule has 0 saturated carbocycles. The van der Waals surface area contributed by atoms with E-state index < -0.39 is 0 Å². The number of fused-ring (bicyclic) bond motifs is 1. The Balaban J connectivity index is 2.29. The van der Waals surface area contributed by atoms with Crippen molar-refractivity contribution in [3.05, 3.63) is 34.9 Å². The van der Waals surface area contributed by atoms with Gasteiger partial charge in [0.05, 0.1) is 12.7 Å². The van der Waals surface area contributed by atoms with Crippen molar-refractivity contribution in [1.29, 1.82) is 0 Å². The first-order valence-electron chi connectivity index (χ1n) is 4.20. The molecule has 1 aliphatic carbocycles. The van der Waals surface area contributed by atoms with Crippen LogP contribution in [0.5, 0.6) is 0 Å². The molecule has 12 heavy (non-hydrogen) atoms. The summed E-state index contributed by atoms with van der Waals surface area (Å²) >= 11 is 5.96. The first kappa shape index (κ1) is 8.09. The van der Waals surface area contributed by atoms with E-state index >= 15 is 0 Å². The van der Waals surface area contributed by atoms with Crippen molar-refractivity contribution in [2.24, 2.45) is 0 Å². The molecule has 1 aliphatic heterocycles. The van der Waals surface area contributed by atoms with Crippen LogP contribution in [0.3, 0.4) is 0 Å². The molecule has 1 nitrogen and oxygen atoms in total. The van der Waals surface area contributed by atoms with Gasteiger partial charge in [-0.1, -0.05) is 29.8 Å². The van der Waals surface area contributed by atoms with E-state index in [4.69, 9.17) is 16.3 Å². The topological polar surface area (TPSA) is 9.23 Å². The molecule has 1 atom stereocenters. The van der Waals surface area contributed by atoms with Crippen molar-refractivity contribution in [2.75, 3.05) is 6.61 Å². The predicted molar refractivity (Wildman–Crippen MR) is 50.1 cm³/mol. The van der Waals surface area contributed by atoms with Crippen LogP contribution in [0.2, 0.25) is 0 Å². The van der Waals surface area contributed by atoms with Crippen molar-refractivity contribution in [3.8, 4) is 0 Å². The number of hydrogen-bond donors (Lipinski definition) is 0. The van der Waals surface area contributed by atoms with Crippen LogP contribution in [0.15, 0.2) is 34.9 Å². The zero-order chi connectivity index (χ0) is 8.39. The van der Waals surface area contributed by atoms with E-state index in [0.29, 0.717) is 0 Å².